The minimum absolute atomic E-state index is 0.161. The maximum atomic E-state index is 14.1. The van der Waals surface area contributed by atoms with Crippen LogP contribution in [0.15, 0.2) is 54.6 Å². The summed E-state index contributed by atoms with van der Waals surface area (Å²) in [5.74, 6) is 1.06. The molecule has 0 atom stereocenters. The van der Waals surface area contributed by atoms with E-state index in [1.807, 2.05) is 36.4 Å². The largest absolute Gasteiger partial charge is 0.497 e. The predicted molar refractivity (Wildman–Crippen MR) is 114 cm³/mol. The number of hydrogen-bond acceptors (Lipinski definition) is 2. The number of alkyl halides is 3. The number of methoxy groups -OCH3 is 2. The molecule has 6 rings (SSSR count). The summed E-state index contributed by atoms with van der Waals surface area (Å²) < 4.78 is 53.0. The van der Waals surface area contributed by atoms with Gasteiger partial charge >= 0.3 is 6.18 Å². The molecule has 0 spiro atoms. The summed E-state index contributed by atoms with van der Waals surface area (Å²) >= 11 is 0. The zero-order chi connectivity index (χ0) is 20.8. The molecule has 5 heteroatoms. The SMILES string of the molecule is COc1cc2cc3ccc4ccc(OC)c5cc6cc(C(F)(F)F)c(c1)c2c6c3c45. The highest BCUT2D eigenvalue weighted by Gasteiger charge is 2.34. The maximum Gasteiger partial charge on any atom is 0.417 e. The van der Waals surface area contributed by atoms with Gasteiger partial charge in [0.15, 0.2) is 0 Å². The molecular weight excluding hydrogens is 389 g/mol. The fourth-order valence-corrected chi connectivity index (χ4v) is 4.90. The first-order valence-electron chi connectivity index (χ1n) is 9.50. The fourth-order valence-electron chi connectivity index (χ4n) is 4.90. The van der Waals surface area contributed by atoms with E-state index in [1.165, 1.54) is 19.2 Å². The average molecular weight is 404 g/mol. The first kappa shape index (κ1) is 17.4. The Kier molecular flexibility index (Phi) is 3.23. The van der Waals surface area contributed by atoms with Crippen molar-refractivity contribution in [2.75, 3.05) is 14.2 Å². The molecule has 0 radical (unpaired) electrons. The van der Waals surface area contributed by atoms with E-state index in [1.54, 1.807) is 13.2 Å². The van der Waals surface area contributed by atoms with Crippen LogP contribution >= 0.6 is 0 Å². The van der Waals surface area contributed by atoms with Gasteiger partial charge in [-0.05, 0) is 79.5 Å². The molecule has 0 aromatic heterocycles. The van der Waals surface area contributed by atoms with E-state index in [0.717, 1.165) is 37.7 Å². The summed E-state index contributed by atoms with van der Waals surface area (Å²) in [4.78, 5) is 0. The third kappa shape index (κ3) is 2.09. The molecule has 148 valence electrons. The van der Waals surface area contributed by atoms with Crippen LogP contribution in [0.4, 0.5) is 13.2 Å². The lowest BCUT2D eigenvalue weighted by Crippen LogP contribution is -2.07. The van der Waals surface area contributed by atoms with E-state index < -0.39 is 11.7 Å². The third-order valence-corrected chi connectivity index (χ3v) is 6.11. The summed E-state index contributed by atoms with van der Waals surface area (Å²) in [6.45, 7) is 0. The van der Waals surface area contributed by atoms with Crippen molar-refractivity contribution >= 4 is 53.9 Å². The van der Waals surface area contributed by atoms with Crippen LogP contribution in [-0.2, 0) is 6.18 Å². The number of hydrogen-bond donors (Lipinski definition) is 0. The first-order chi connectivity index (χ1) is 14.4. The van der Waals surface area contributed by atoms with E-state index in [9.17, 15) is 13.2 Å². The molecule has 0 N–H and O–H groups in total. The van der Waals surface area contributed by atoms with Gasteiger partial charge in [0.25, 0.3) is 0 Å². The van der Waals surface area contributed by atoms with Crippen LogP contribution in [-0.4, -0.2) is 14.2 Å². The van der Waals surface area contributed by atoms with Crippen molar-refractivity contribution in [2.24, 2.45) is 0 Å². The number of rotatable bonds is 2. The quantitative estimate of drug-likeness (QED) is 0.222. The monoisotopic (exact) mass is 404 g/mol. The van der Waals surface area contributed by atoms with Crippen LogP contribution in [0.25, 0.3) is 53.9 Å². The molecule has 0 heterocycles. The van der Waals surface area contributed by atoms with Crippen molar-refractivity contribution < 1.29 is 22.6 Å². The molecule has 0 aliphatic carbocycles. The number of halogens is 3. The minimum Gasteiger partial charge on any atom is -0.497 e. The standard InChI is InChI=1S/C25H15F3O2/c1-29-16-8-14-7-13-4-3-12-5-6-20(30-2)18-9-15-10-19(25(26,27)28)17(11-16)22(14)24(15)23(13)21(12)18/h3-11H,1-2H3. The zero-order valence-corrected chi connectivity index (χ0v) is 16.1. The minimum atomic E-state index is -4.49. The van der Waals surface area contributed by atoms with Crippen LogP contribution < -0.4 is 9.47 Å². The lowest BCUT2D eigenvalue weighted by Gasteiger charge is -2.21. The Bertz CT molecular complexity index is 1600. The normalized spacial score (nSPS) is 12.8. The summed E-state index contributed by atoms with van der Waals surface area (Å²) in [5, 5.41) is 7.72. The second kappa shape index (κ2) is 5.57. The van der Waals surface area contributed by atoms with Crippen LogP contribution in [0.3, 0.4) is 0 Å². The number of ether oxygens (including phenoxy) is 2. The molecule has 30 heavy (non-hydrogen) atoms. The van der Waals surface area contributed by atoms with E-state index in [4.69, 9.17) is 9.47 Å². The van der Waals surface area contributed by atoms with E-state index in [0.29, 0.717) is 22.3 Å². The van der Waals surface area contributed by atoms with Crippen molar-refractivity contribution in [3.05, 3.63) is 60.2 Å². The van der Waals surface area contributed by atoms with Gasteiger partial charge in [-0.15, -0.1) is 0 Å². The van der Waals surface area contributed by atoms with Crippen LogP contribution in [0.2, 0.25) is 0 Å². The van der Waals surface area contributed by atoms with Crippen LogP contribution in [0, 0.1) is 0 Å². The fraction of sp³-hybridized carbons (Fsp3) is 0.120. The Morgan fingerprint density at radius 3 is 2.00 bits per heavy atom. The molecule has 2 nitrogen and oxygen atoms in total. The summed E-state index contributed by atoms with van der Waals surface area (Å²) in [6, 6.07) is 16.2. The second-order valence-corrected chi connectivity index (χ2v) is 7.62. The lowest BCUT2D eigenvalue weighted by molar-refractivity contribution is -0.136. The van der Waals surface area contributed by atoms with Gasteiger partial charge in [0.2, 0.25) is 0 Å². The molecular formula is C25H15F3O2. The van der Waals surface area contributed by atoms with Gasteiger partial charge in [0, 0.05) is 10.8 Å². The van der Waals surface area contributed by atoms with Gasteiger partial charge in [-0.25, -0.2) is 0 Å². The van der Waals surface area contributed by atoms with Gasteiger partial charge in [-0.3, -0.25) is 0 Å². The molecule has 0 unspecified atom stereocenters. The van der Waals surface area contributed by atoms with Gasteiger partial charge in [-0.1, -0.05) is 18.2 Å². The van der Waals surface area contributed by atoms with Gasteiger partial charge in [0.05, 0.1) is 19.8 Å². The Balaban J connectivity index is 1.99. The zero-order valence-electron chi connectivity index (χ0n) is 16.1. The Morgan fingerprint density at radius 2 is 1.27 bits per heavy atom. The van der Waals surface area contributed by atoms with E-state index in [-0.39, 0.29) is 5.39 Å². The highest BCUT2D eigenvalue weighted by Crippen LogP contribution is 2.49. The topological polar surface area (TPSA) is 18.5 Å². The Morgan fingerprint density at radius 1 is 0.600 bits per heavy atom. The molecule has 0 amide bonds. The van der Waals surface area contributed by atoms with E-state index in [2.05, 4.69) is 0 Å². The van der Waals surface area contributed by atoms with Crippen molar-refractivity contribution in [3.63, 3.8) is 0 Å². The van der Waals surface area contributed by atoms with Crippen molar-refractivity contribution in [2.45, 2.75) is 6.18 Å². The first-order valence-corrected chi connectivity index (χ1v) is 9.50. The van der Waals surface area contributed by atoms with Crippen molar-refractivity contribution in [1.82, 2.24) is 0 Å². The van der Waals surface area contributed by atoms with E-state index >= 15 is 0 Å². The second-order valence-electron chi connectivity index (χ2n) is 7.62. The average Bonchev–Trinajstić information content (AvgIpc) is 2.73. The maximum absolute atomic E-state index is 14.1. The molecule has 6 aromatic carbocycles. The van der Waals surface area contributed by atoms with Gasteiger partial charge < -0.3 is 9.47 Å². The highest BCUT2D eigenvalue weighted by atomic mass is 19.4. The van der Waals surface area contributed by atoms with Gasteiger partial charge in [-0.2, -0.15) is 13.2 Å². The molecule has 0 fully saturated rings. The highest BCUT2D eigenvalue weighted by molar-refractivity contribution is 6.37. The lowest BCUT2D eigenvalue weighted by atomic mass is 9.85. The van der Waals surface area contributed by atoms with Crippen molar-refractivity contribution in [3.8, 4) is 11.5 Å². The molecule has 0 bridgehead atoms. The third-order valence-electron chi connectivity index (χ3n) is 6.11. The Hall–Kier alpha value is -3.47. The van der Waals surface area contributed by atoms with Crippen LogP contribution in [0.1, 0.15) is 5.56 Å². The van der Waals surface area contributed by atoms with Gasteiger partial charge in [0.1, 0.15) is 11.5 Å². The summed E-state index contributed by atoms with van der Waals surface area (Å²) in [5.41, 5.74) is -0.657. The number of benzene rings is 6. The molecule has 0 saturated carbocycles. The van der Waals surface area contributed by atoms with Crippen LogP contribution in [0.5, 0.6) is 11.5 Å². The molecule has 0 aliphatic heterocycles. The molecule has 0 aliphatic rings. The predicted octanol–water partition coefficient (Wildman–Crippen LogP) is 7.36. The smallest absolute Gasteiger partial charge is 0.417 e. The molecule has 0 saturated heterocycles. The molecule has 6 aromatic rings. The summed E-state index contributed by atoms with van der Waals surface area (Å²) in [7, 11) is 3.05. The summed E-state index contributed by atoms with van der Waals surface area (Å²) in [6.07, 6.45) is -4.49. The van der Waals surface area contributed by atoms with Crippen molar-refractivity contribution in [1.29, 1.82) is 0 Å². The Labute approximate surface area is 169 Å².